The highest BCUT2D eigenvalue weighted by molar-refractivity contribution is 5.35. The molecule has 1 fully saturated rings. The highest BCUT2D eigenvalue weighted by atomic mass is 15.3. The number of aryl methyl sites for hydroxylation is 1. The van der Waals surface area contributed by atoms with Crippen LogP contribution in [0.5, 0.6) is 0 Å². The number of rotatable bonds is 2. The molecule has 0 radical (unpaired) electrons. The van der Waals surface area contributed by atoms with E-state index in [0.717, 1.165) is 5.82 Å². The van der Waals surface area contributed by atoms with Crippen molar-refractivity contribution in [3.8, 4) is 0 Å². The topological polar surface area (TPSA) is 29.9 Å². The normalized spacial score (nSPS) is 17.9. The Morgan fingerprint density at radius 1 is 1.64 bits per heavy atom. The molecule has 1 aliphatic rings. The van der Waals surface area contributed by atoms with Gasteiger partial charge in [0.05, 0.1) is 6.20 Å². The Balaban J connectivity index is 1.99. The summed E-state index contributed by atoms with van der Waals surface area (Å²) >= 11 is 0. The second-order valence-corrected chi connectivity index (χ2v) is 3.11. The molecule has 0 atom stereocenters. The van der Waals surface area contributed by atoms with Gasteiger partial charge in [0.1, 0.15) is 5.82 Å². The zero-order valence-electron chi connectivity index (χ0n) is 6.75. The van der Waals surface area contributed by atoms with Gasteiger partial charge in [0.25, 0.3) is 0 Å². The summed E-state index contributed by atoms with van der Waals surface area (Å²) in [7, 11) is 1.96. The Labute approximate surface area is 66.4 Å². The van der Waals surface area contributed by atoms with Crippen LogP contribution in [-0.2, 0) is 7.05 Å². The molecule has 0 saturated heterocycles. The van der Waals surface area contributed by atoms with E-state index in [2.05, 4.69) is 10.4 Å². The van der Waals surface area contributed by atoms with E-state index in [1.54, 1.807) is 0 Å². The van der Waals surface area contributed by atoms with Crippen molar-refractivity contribution in [3.05, 3.63) is 12.3 Å². The van der Waals surface area contributed by atoms with E-state index in [1.165, 1.54) is 19.3 Å². The van der Waals surface area contributed by atoms with Gasteiger partial charge in [-0.2, -0.15) is 5.10 Å². The van der Waals surface area contributed by atoms with Gasteiger partial charge in [-0.25, -0.2) is 0 Å². The van der Waals surface area contributed by atoms with Gasteiger partial charge in [0.2, 0.25) is 0 Å². The van der Waals surface area contributed by atoms with Crippen LogP contribution in [0, 0.1) is 0 Å². The van der Waals surface area contributed by atoms with Crippen LogP contribution in [0.25, 0.3) is 0 Å². The summed E-state index contributed by atoms with van der Waals surface area (Å²) in [5.74, 6) is 1.13. The third-order valence-corrected chi connectivity index (χ3v) is 2.28. The first-order valence-corrected chi connectivity index (χ1v) is 4.11. The van der Waals surface area contributed by atoms with E-state index in [-0.39, 0.29) is 0 Å². The fourth-order valence-corrected chi connectivity index (χ4v) is 1.28. The minimum Gasteiger partial charge on any atom is -0.368 e. The average Bonchev–Trinajstić information content (AvgIpc) is 2.27. The molecule has 1 heterocycles. The van der Waals surface area contributed by atoms with Gasteiger partial charge in [-0.3, -0.25) is 4.68 Å². The monoisotopic (exact) mass is 151 g/mol. The van der Waals surface area contributed by atoms with E-state index in [1.807, 2.05) is 24.0 Å². The lowest BCUT2D eigenvalue weighted by atomic mass is 9.93. The Bertz CT molecular complexity index is 237. The average molecular weight is 151 g/mol. The summed E-state index contributed by atoms with van der Waals surface area (Å²) in [5.41, 5.74) is 0. The molecule has 60 valence electrons. The molecule has 11 heavy (non-hydrogen) atoms. The van der Waals surface area contributed by atoms with Crippen molar-refractivity contribution in [1.82, 2.24) is 9.78 Å². The van der Waals surface area contributed by atoms with Gasteiger partial charge in [0, 0.05) is 19.2 Å². The maximum atomic E-state index is 4.08. The van der Waals surface area contributed by atoms with E-state index in [0.29, 0.717) is 6.04 Å². The predicted molar refractivity (Wildman–Crippen MR) is 44.5 cm³/mol. The van der Waals surface area contributed by atoms with Crippen LogP contribution in [0.3, 0.4) is 0 Å². The van der Waals surface area contributed by atoms with Gasteiger partial charge in [-0.05, 0) is 19.3 Å². The highest BCUT2D eigenvalue weighted by Crippen LogP contribution is 2.22. The molecule has 0 bridgehead atoms. The summed E-state index contributed by atoms with van der Waals surface area (Å²) in [6, 6.07) is 2.71. The number of nitrogens with zero attached hydrogens (tertiary/aromatic N) is 2. The first-order chi connectivity index (χ1) is 5.36. The molecule has 0 unspecified atom stereocenters. The molecular weight excluding hydrogens is 138 g/mol. The molecular formula is C8H13N3. The SMILES string of the molecule is Cn1nccc1NC1CCC1. The van der Waals surface area contributed by atoms with E-state index in [9.17, 15) is 0 Å². The molecule has 1 aromatic rings. The zero-order chi connectivity index (χ0) is 7.68. The smallest absolute Gasteiger partial charge is 0.124 e. The third-order valence-electron chi connectivity index (χ3n) is 2.28. The number of nitrogens with one attached hydrogen (secondary N) is 1. The predicted octanol–water partition coefficient (Wildman–Crippen LogP) is 1.38. The molecule has 0 amide bonds. The molecule has 1 aliphatic carbocycles. The number of hydrogen-bond donors (Lipinski definition) is 1. The molecule has 0 aliphatic heterocycles. The van der Waals surface area contributed by atoms with Crippen molar-refractivity contribution >= 4 is 5.82 Å². The fraction of sp³-hybridized carbons (Fsp3) is 0.625. The van der Waals surface area contributed by atoms with Crippen molar-refractivity contribution in [2.75, 3.05) is 5.32 Å². The van der Waals surface area contributed by atoms with Crippen molar-refractivity contribution in [2.24, 2.45) is 7.05 Å². The Hall–Kier alpha value is -0.990. The molecule has 1 N–H and O–H groups in total. The van der Waals surface area contributed by atoms with Crippen molar-refractivity contribution in [1.29, 1.82) is 0 Å². The molecule has 3 heteroatoms. The minimum absolute atomic E-state index is 0.699. The van der Waals surface area contributed by atoms with E-state index >= 15 is 0 Å². The van der Waals surface area contributed by atoms with Gasteiger partial charge >= 0.3 is 0 Å². The quantitative estimate of drug-likeness (QED) is 0.692. The van der Waals surface area contributed by atoms with Gasteiger partial charge in [-0.1, -0.05) is 0 Å². The Kier molecular flexibility index (Phi) is 1.56. The lowest BCUT2D eigenvalue weighted by molar-refractivity contribution is 0.442. The van der Waals surface area contributed by atoms with Crippen LogP contribution >= 0.6 is 0 Å². The highest BCUT2D eigenvalue weighted by Gasteiger charge is 2.17. The summed E-state index contributed by atoms with van der Waals surface area (Å²) in [6.45, 7) is 0. The van der Waals surface area contributed by atoms with Crippen LogP contribution in [0.1, 0.15) is 19.3 Å². The zero-order valence-corrected chi connectivity index (χ0v) is 6.75. The summed E-state index contributed by atoms with van der Waals surface area (Å²) in [6.07, 6.45) is 5.81. The van der Waals surface area contributed by atoms with Gasteiger partial charge in [-0.15, -0.1) is 0 Å². The number of hydrogen-bond acceptors (Lipinski definition) is 2. The molecule has 2 rings (SSSR count). The molecule has 3 nitrogen and oxygen atoms in total. The summed E-state index contributed by atoms with van der Waals surface area (Å²) in [4.78, 5) is 0. The van der Waals surface area contributed by atoms with Crippen molar-refractivity contribution in [2.45, 2.75) is 25.3 Å². The van der Waals surface area contributed by atoms with E-state index < -0.39 is 0 Å². The standard InChI is InChI=1S/C8H13N3/c1-11-8(5-6-9-11)10-7-3-2-4-7/h5-7,10H,2-4H2,1H3. The number of aromatic nitrogens is 2. The Morgan fingerprint density at radius 3 is 2.91 bits per heavy atom. The Morgan fingerprint density at radius 2 is 2.45 bits per heavy atom. The van der Waals surface area contributed by atoms with Crippen molar-refractivity contribution < 1.29 is 0 Å². The summed E-state index contributed by atoms with van der Waals surface area (Å²) in [5, 5.41) is 7.51. The molecule has 0 aromatic carbocycles. The van der Waals surface area contributed by atoms with Crippen molar-refractivity contribution in [3.63, 3.8) is 0 Å². The summed E-state index contributed by atoms with van der Waals surface area (Å²) < 4.78 is 1.87. The minimum atomic E-state index is 0.699. The fourth-order valence-electron chi connectivity index (χ4n) is 1.28. The lowest BCUT2D eigenvalue weighted by Crippen LogP contribution is -2.27. The van der Waals surface area contributed by atoms with E-state index in [4.69, 9.17) is 0 Å². The first-order valence-electron chi connectivity index (χ1n) is 4.11. The van der Waals surface area contributed by atoms with Crippen LogP contribution in [0.15, 0.2) is 12.3 Å². The van der Waals surface area contributed by atoms with Crippen LogP contribution in [-0.4, -0.2) is 15.8 Å². The van der Waals surface area contributed by atoms with Crippen LogP contribution in [0.4, 0.5) is 5.82 Å². The maximum absolute atomic E-state index is 4.08. The maximum Gasteiger partial charge on any atom is 0.124 e. The van der Waals surface area contributed by atoms with Gasteiger partial charge in [0.15, 0.2) is 0 Å². The molecule has 1 aromatic heterocycles. The van der Waals surface area contributed by atoms with Crippen LogP contribution < -0.4 is 5.32 Å². The number of anilines is 1. The molecule has 0 spiro atoms. The largest absolute Gasteiger partial charge is 0.368 e. The second kappa shape index (κ2) is 2.57. The van der Waals surface area contributed by atoms with Crippen LogP contribution in [0.2, 0.25) is 0 Å². The molecule has 1 saturated carbocycles. The third kappa shape index (κ3) is 1.23. The van der Waals surface area contributed by atoms with Gasteiger partial charge < -0.3 is 5.32 Å². The second-order valence-electron chi connectivity index (χ2n) is 3.11. The lowest BCUT2D eigenvalue weighted by Gasteiger charge is -2.27. The first kappa shape index (κ1) is 6.70.